The van der Waals surface area contributed by atoms with Crippen molar-refractivity contribution in [1.82, 2.24) is 18.7 Å². The highest BCUT2D eigenvalue weighted by Gasteiger charge is 2.16. The van der Waals surface area contributed by atoms with Gasteiger partial charge in [-0.1, -0.05) is 0 Å². The normalized spacial score (nSPS) is 10.8. The second kappa shape index (κ2) is 4.76. The van der Waals surface area contributed by atoms with Crippen LogP contribution in [0.25, 0.3) is 11.2 Å². The molecule has 0 N–H and O–H groups in total. The Balaban J connectivity index is 2.58. The summed E-state index contributed by atoms with van der Waals surface area (Å²) in [6, 6.07) is 0. The van der Waals surface area contributed by atoms with Crippen LogP contribution in [0.15, 0.2) is 15.9 Å². The summed E-state index contributed by atoms with van der Waals surface area (Å²) in [6.07, 6.45) is 1.24. The summed E-state index contributed by atoms with van der Waals surface area (Å²) in [4.78, 5) is 49.8. The van der Waals surface area contributed by atoms with Crippen LogP contribution >= 0.6 is 0 Å². The highest BCUT2D eigenvalue weighted by atomic mass is 16.6. The second-order valence-corrected chi connectivity index (χ2v) is 4.22. The molecule has 0 unspecified atom stereocenters. The van der Waals surface area contributed by atoms with Crippen molar-refractivity contribution >= 4 is 23.1 Å². The van der Waals surface area contributed by atoms with E-state index in [0.29, 0.717) is 0 Å². The van der Waals surface area contributed by atoms with Crippen molar-refractivity contribution in [3.63, 3.8) is 0 Å². The molecule has 0 radical (unpaired) electrons. The standard InChI is InChI=1S/C11H12N4O5/c1-6(16)20-7(17)4-15-5-12-9-8(15)10(18)14(3)11(19)13(9)2/h5H,4H2,1-3H3. The van der Waals surface area contributed by atoms with Crippen molar-refractivity contribution in [2.24, 2.45) is 14.1 Å². The van der Waals surface area contributed by atoms with Crippen molar-refractivity contribution in [2.75, 3.05) is 0 Å². The van der Waals surface area contributed by atoms with Crippen LogP contribution in [-0.2, 0) is 35.0 Å². The molecule has 0 aliphatic rings. The monoisotopic (exact) mass is 280 g/mol. The Morgan fingerprint density at radius 3 is 2.50 bits per heavy atom. The van der Waals surface area contributed by atoms with E-state index in [4.69, 9.17) is 0 Å². The van der Waals surface area contributed by atoms with Gasteiger partial charge in [-0.3, -0.25) is 18.7 Å². The third-order valence-electron chi connectivity index (χ3n) is 2.77. The quantitative estimate of drug-likeness (QED) is 0.491. The lowest BCUT2D eigenvalue weighted by Crippen LogP contribution is -2.37. The van der Waals surface area contributed by atoms with Crippen molar-refractivity contribution in [3.8, 4) is 0 Å². The molecule has 0 saturated carbocycles. The zero-order valence-electron chi connectivity index (χ0n) is 11.1. The maximum Gasteiger partial charge on any atom is 0.333 e. The van der Waals surface area contributed by atoms with Crippen molar-refractivity contribution in [1.29, 1.82) is 0 Å². The Morgan fingerprint density at radius 1 is 1.25 bits per heavy atom. The number of fused-ring (bicyclic) bond motifs is 1. The second-order valence-electron chi connectivity index (χ2n) is 4.22. The van der Waals surface area contributed by atoms with Gasteiger partial charge in [0.15, 0.2) is 11.2 Å². The Bertz CT molecular complexity index is 826. The molecule has 2 heterocycles. The largest absolute Gasteiger partial charge is 0.392 e. The molecule has 0 aliphatic heterocycles. The van der Waals surface area contributed by atoms with Crippen LogP contribution in [-0.4, -0.2) is 30.6 Å². The van der Waals surface area contributed by atoms with Crippen LogP contribution in [0.3, 0.4) is 0 Å². The summed E-state index contributed by atoms with van der Waals surface area (Å²) in [5, 5.41) is 0. The molecular weight excluding hydrogens is 268 g/mol. The Labute approximate surface area is 112 Å². The first-order valence-electron chi connectivity index (χ1n) is 5.65. The molecule has 0 spiro atoms. The minimum Gasteiger partial charge on any atom is -0.392 e. The number of carbonyl (C=O) groups excluding carboxylic acids is 2. The molecule has 0 saturated heterocycles. The number of aryl methyl sites for hydroxylation is 1. The molecule has 9 nitrogen and oxygen atoms in total. The van der Waals surface area contributed by atoms with E-state index in [0.717, 1.165) is 11.5 Å². The van der Waals surface area contributed by atoms with Crippen LogP contribution < -0.4 is 11.2 Å². The number of carbonyl (C=O) groups is 2. The van der Waals surface area contributed by atoms with E-state index in [1.54, 1.807) is 0 Å². The molecule has 0 amide bonds. The van der Waals surface area contributed by atoms with E-state index in [9.17, 15) is 19.2 Å². The third-order valence-corrected chi connectivity index (χ3v) is 2.77. The molecule has 0 bridgehead atoms. The van der Waals surface area contributed by atoms with Crippen molar-refractivity contribution in [2.45, 2.75) is 13.5 Å². The SMILES string of the molecule is CC(=O)OC(=O)Cn1cnc2c1c(=O)n(C)c(=O)n2C. The van der Waals surface area contributed by atoms with E-state index in [-0.39, 0.29) is 17.7 Å². The van der Waals surface area contributed by atoms with Gasteiger partial charge in [0.05, 0.1) is 6.33 Å². The van der Waals surface area contributed by atoms with Gasteiger partial charge >= 0.3 is 17.6 Å². The minimum atomic E-state index is -0.812. The minimum absolute atomic E-state index is 0.0927. The van der Waals surface area contributed by atoms with Crippen LogP contribution in [0, 0.1) is 0 Å². The van der Waals surface area contributed by atoms with Gasteiger partial charge in [0.1, 0.15) is 6.54 Å². The number of nitrogens with zero attached hydrogens (tertiary/aromatic N) is 4. The Morgan fingerprint density at radius 2 is 1.90 bits per heavy atom. The summed E-state index contributed by atoms with van der Waals surface area (Å²) in [5.41, 5.74) is -0.834. The summed E-state index contributed by atoms with van der Waals surface area (Å²) < 4.78 is 7.74. The molecule has 2 aromatic rings. The average molecular weight is 280 g/mol. The molecule has 0 fully saturated rings. The number of imidazole rings is 1. The highest BCUT2D eigenvalue weighted by Crippen LogP contribution is 2.05. The molecule has 0 atom stereocenters. The molecule has 0 aromatic carbocycles. The number of aromatic nitrogens is 4. The Hall–Kier alpha value is -2.71. The topological polar surface area (TPSA) is 105 Å². The van der Waals surface area contributed by atoms with Crippen molar-refractivity contribution < 1.29 is 14.3 Å². The first kappa shape index (κ1) is 13.7. The van der Waals surface area contributed by atoms with Crippen LogP contribution in [0.2, 0.25) is 0 Å². The number of hydrogen-bond acceptors (Lipinski definition) is 6. The molecule has 9 heteroatoms. The average Bonchev–Trinajstić information content (AvgIpc) is 2.76. The van der Waals surface area contributed by atoms with Gasteiger partial charge < -0.3 is 9.30 Å². The fraction of sp³-hybridized carbons (Fsp3) is 0.364. The lowest BCUT2D eigenvalue weighted by molar-refractivity contribution is -0.158. The first-order valence-corrected chi connectivity index (χ1v) is 5.65. The van der Waals surface area contributed by atoms with Gasteiger partial charge in [-0.05, 0) is 0 Å². The summed E-state index contributed by atoms with van der Waals surface area (Å²) in [5.74, 6) is -1.55. The predicted octanol–water partition coefficient (Wildman–Crippen LogP) is -1.48. The molecule has 2 aromatic heterocycles. The maximum absolute atomic E-state index is 12.1. The number of ether oxygens (including phenoxy) is 1. The van der Waals surface area contributed by atoms with Gasteiger partial charge in [-0.15, -0.1) is 0 Å². The van der Waals surface area contributed by atoms with E-state index >= 15 is 0 Å². The number of rotatable bonds is 2. The smallest absolute Gasteiger partial charge is 0.333 e. The molecular formula is C11H12N4O5. The number of hydrogen-bond donors (Lipinski definition) is 0. The molecule has 2 rings (SSSR count). The first-order chi connectivity index (χ1) is 9.32. The van der Waals surface area contributed by atoms with E-state index in [1.165, 1.54) is 29.6 Å². The van der Waals surface area contributed by atoms with E-state index < -0.39 is 23.2 Å². The lowest BCUT2D eigenvalue weighted by atomic mass is 10.5. The van der Waals surface area contributed by atoms with E-state index in [1.807, 2.05) is 0 Å². The van der Waals surface area contributed by atoms with Gasteiger partial charge in [-0.25, -0.2) is 14.6 Å². The van der Waals surface area contributed by atoms with Crippen LogP contribution in [0.4, 0.5) is 0 Å². The number of esters is 2. The molecule has 0 aliphatic carbocycles. The predicted molar refractivity (Wildman–Crippen MR) is 67.0 cm³/mol. The molecule has 20 heavy (non-hydrogen) atoms. The fourth-order valence-corrected chi connectivity index (χ4v) is 1.85. The van der Waals surface area contributed by atoms with Crippen molar-refractivity contribution in [3.05, 3.63) is 27.2 Å². The highest BCUT2D eigenvalue weighted by molar-refractivity contribution is 5.84. The summed E-state index contributed by atoms with van der Waals surface area (Å²) in [7, 11) is 2.80. The Kier molecular flexibility index (Phi) is 3.26. The maximum atomic E-state index is 12.1. The zero-order chi connectivity index (χ0) is 15.0. The molecule has 106 valence electrons. The fourth-order valence-electron chi connectivity index (χ4n) is 1.85. The van der Waals surface area contributed by atoms with Gasteiger partial charge in [0, 0.05) is 21.0 Å². The van der Waals surface area contributed by atoms with Crippen LogP contribution in [0.1, 0.15) is 6.92 Å². The lowest BCUT2D eigenvalue weighted by Gasteiger charge is -2.05. The van der Waals surface area contributed by atoms with Gasteiger partial charge in [-0.2, -0.15) is 0 Å². The van der Waals surface area contributed by atoms with Gasteiger partial charge in [0.2, 0.25) is 0 Å². The zero-order valence-corrected chi connectivity index (χ0v) is 11.1. The van der Waals surface area contributed by atoms with Crippen LogP contribution in [0.5, 0.6) is 0 Å². The van der Waals surface area contributed by atoms with E-state index in [2.05, 4.69) is 9.72 Å². The summed E-state index contributed by atoms with van der Waals surface area (Å²) in [6.45, 7) is 0.760. The van der Waals surface area contributed by atoms with Gasteiger partial charge in [0.25, 0.3) is 5.56 Å². The third kappa shape index (κ3) is 2.13. The summed E-state index contributed by atoms with van der Waals surface area (Å²) >= 11 is 0.